The average Bonchev–Trinajstić information content (AvgIpc) is 3.54. The lowest BCUT2D eigenvalue weighted by Gasteiger charge is -2.24. The normalized spacial score (nSPS) is 17.0. The molecule has 424 valence electrons. The van der Waals surface area contributed by atoms with E-state index < -0.39 is 5.41 Å². The molecule has 2 atom stereocenters. The Hall–Kier alpha value is -1.71. The van der Waals surface area contributed by atoms with E-state index in [4.69, 9.17) is 18.9 Å². The first kappa shape index (κ1) is 66.4. The molecular weight excluding hydrogens is 897 g/mol. The maximum Gasteiger partial charge on any atom is 0.311 e. The third-order valence-corrected chi connectivity index (χ3v) is 16.1. The molecule has 72 heavy (non-hydrogen) atoms. The summed E-state index contributed by atoms with van der Waals surface area (Å²) in [6, 6.07) is 0.252. The van der Waals surface area contributed by atoms with Gasteiger partial charge in [-0.3, -0.25) is 19.3 Å². The van der Waals surface area contributed by atoms with Crippen LogP contribution in [0, 0.1) is 11.3 Å². The molecule has 2 heterocycles. The number of esters is 3. The highest BCUT2D eigenvalue weighted by atomic mass is 16.6. The number of hydrogen-bond donors (Lipinski definition) is 0. The van der Waals surface area contributed by atoms with Crippen LogP contribution < -0.4 is 0 Å². The van der Waals surface area contributed by atoms with Gasteiger partial charge in [-0.15, -0.1) is 0 Å². The van der Waals surface area contributed by atoms with Crippen LogP contribution in [0.1, 0.15) is 305 Å². The van der Waals surface area contributed by atoms with Gasteiger partial charge in [-0.25, -0.2) is 0 Å². The highest BCUT2D eigenvalue weighted by Crippen LogP contribution is 2.28. The van der Waals surface area contributed by atoms with Gasteiger partial charge in [0.1, 0.15) is 12.2 Å². The molecule has 0 aliphatic carbocycles. The monoisotopic (exact) mass is 1020 g/mol. The molecule has 0 radical (unpaired) electrons. The fourth-order valence-corrected chi connectivity index (χ4v) is 11.2. The van der Waals surface area contributed by atoms with Gasteiger partial charge in [-0.2, -0.15) is 0 Å². The molecule has 0 bridgehead atoms. The van der Waals surface area contributed by atoms with Crippen molar-refractivity contribution in [3.8, 4) is 0 Å². The van der Waals surface area contributed by atoms with Crippen molar-refractivity contribution in [2.24, 2.45) is 11.3 Å². The average molecular weight is 1020 g/mol. The highest BCUT2D eigenvalue weighted by Gasteiger charge is 2.34. The lowest BCUT2D eigenvalue weighted by molar-refractivity contribution is -0.154. The summed E-state index contributed by atoms with van der Waals surface area (Å²) in [4.78, 5) is 44.1. The van der Waals surface area contributed by atoms with Crippen molar-refractivity contribution < 1.29 is 33.3 Å². The second kappa shape index (κ2) is 45.5. The lowest BCUT2D eigenvalue weighted by Crippen LogP contribution is -2.34. The maximum absolute atomic E-state index is 13.1. The summed E-state index contributed by atoms with van der Waals surface area (Å²) in [6.07, 6.45) is 47.2. The van der Waals surface area contributed by atoms with Gasteiger partial charge in [0.05, 0.1) is 25.0 Å². The number of rotatable bonds is 49. The van der Waals surface area contributed by atoms with Crippen LogP contribution in [-0.2, 0) is 33.3 Å². The summed E-state index contributed by atoms with van der Waals surface area (Å²) in [6.45, 7) is 19.9. The molecule has 0 spiro atoms. The van der Waals surface area contributed by atoms with Crippen molar-refractivity contribution in [2.45, 2.75) is 323 Å². The fourth-order valence-electron chi connectivity index (χ4n) is 11.2. The minimum atomic E-state index is -0.458. The zero-order chi connectivity index (χ0) is 52.2. The Morgan fingerprint density at radius 1 is 0.528 bits per heavy atom. The topological polar surface area (TPSA) is 94.6 Å². The SMILES string of the molecule is CCCCCCCCC(CCCCCCCC)OC(=O)CCCCCCCOCC1C[C@H](OC(=O)CCN2CCCCCC2)CN1CCCCCCC(C)(C)C(=O)OCCCC(CCCCC)CCCCC. The minimum Gasteiger partial charge on any atom is -0.465 e. The van der Waals surface area contributed by atoms with E-state index in [2.05, 4.69) is 51.3 Å². The van der Waals surface area contributed by atoms with E-state index in [1.54, 1.807) is 0 Å². The Morgan fingerprint density at radius 3 is 1.69 bits per heavy atom. The molecule has 2 aliphatic heterocycles. The number of nitrogens with zero attached hydrogens (tertiary/aromatic N) is 2. The predicted molar refractivity (Wildman–Crippen MR) is 303 cm³/mol. The maximum atomic E-state index is 13.1. The Morgan fingerprint density at radius 2 is 1.06 bits per heavy atom. The first-order chi connectivity index (χ1) is 35.1. The summed E-state index contributed by atoms with van der Waals surface area (Å²) in [7, 11) is 0. The molecule has 0 aromatic heterocycles. The molecule has 0 saturated carbocycles. The van der Waals surface area contributed by atoms with Crippen molar-refractivity contribution in [1.82, 2.24) is 9.80 Å². The van der Waals surface area contributed by atoms with Crippen LogP contribution in [0.5, 0.6) is 0 Å². The minimum absolute atomic E-state index is 0.00350. The zero-order valence-corrected chi connectivity index (χ0v) is 48.7. The molecule has 9 heteroatoms. The second-order valence-corrected chi connectivity index (χ2v) is 23.5. The van der Waals surface area contributed by atoms with Crippen molar-refractivity contribution >= 4 is 17.9 Å². The first-order valence-corrected chi connectivity index (χ1v) is 31.7. The largest absolute Gasteiger partial charge is 0.465 e. The molecule has 2 aliphatic rings. The Bertz CT molecular complexity index is 1240. The van der Waals surface area contributed by atoms with Crippen LogP contribution in [0.2, 0.25) is 0 Å². The van der Waals surface area contributed by atoms with Gasteiger partial charge < -0.3 is 23.8 Å². The molecule has 2 rings (SSSR count). The van der Waals surface area contributed by atoms with Crippen LogP contribution >= 0.6 is 0 Å². The molecule has 9 nitrogen and oxygen atoms in total. The third kappa shape index (κ3) is 35.5. The molecule has 0 aromatic rings. The molecule has 2 saturated heterocycles. The van der Waals surface area contributed by atoms with Crippen molar-refractivity contribution in [2.75, 3.05) is 52.5 Å². The number of carbonyl (C=O) groups excluding carboxylic acids is 3. The van der Waals surface area contributed by atoms with Gasteiger partial charge in [-0.1, -0.05) is 195 Å². The summed E-state index contributed by atoms with van der Waals surface area (Å²) in [5, 5.41) is 0. The smallest absolute Gasteiger partial charge is 0.311 e. The van der Waals surface area contributed by atoms with Crippen molar-refractivity contribution in [3.05, 3.63) is 0 Å². The van der Waals surface area contributed by atoms with E-state index in [0.717, 1.165) is 135 Å². The van der Waals surface area contributed by atoms with Crippen molar-refractivity contribution in [1.29, 1.82) is 0 Å². The fraction of sp³-hybridized carbons (Fsp3) is 0.952. The van der Waals surface area contributed by atoms with Crippen molar-refractivity contribution in [3.63, 3.8) is 0 Å². The Labute approximate surface area is 446 Å². The summed E-state index contributed by atoms with van der Waals surface area (Å²) in [5.41, 5.74) is -0.458. The number of likely N-dealkylation sites (tertiary alicyclic amines) is 2. The second-order valence-electron chi connectivity index (χ2n) is 23.5. The summed E-state index contributed by atoms with van der Waals surface area (Å²) >= 11 is 0. The van der Waals surface area contributed by atoms with E-state index in [0.29, 0.717) is 26.1 Å². The van der Waals surface area contributed by atoms with Gasteiger partial charge in [-0.05, 0) is 116 Å². The lowest BCUT2D eigenvalue weighted by atomic mass is 9.87. The number of unbranched alkanes of at least 4 members (excludes halogenated alkanes) is 21. The molecule has 2 fully saturated rings. The highest BCUT2D eigenvalue weighted by molar-refractivity contribution is 5.75. The predicted octanol–water partition coefficient (Wildman–Crippen LogP) is 17.1. The van der Waals surface area contributed by atoms with Gasteiger partial charge in [0.2, 0.25) is 0 Å². The Balaban J connectivity index is 1.73. The van der Waals surface area contributed by atoms with E-state index in [9.17, 15) is 14.4 Å². The number of carbonyl (C=O) groups is 3. The van der Waals surface area contributed by atoms with E-state index >= 15 is 0 Å². The quantitative estimate of drug-likeness (QED) is 0.0335. The van der Waals surface area contributed by atoms with Gasteiger partial charge in [0.15, 0.2) is 0 Å². The third-order valence-electron chi connectivity index (χ3n) is 16.1. The van der Waals surface area contributed by atoms with Crippen LogP contribution in [0.3, 0.4) is 0 Å². The van der Waals surface area contributed by atoms with Crippen LogP contribution in [-0.4, -0.2) is 98.5 Å². The number of hydrogen-bond acceptors (Lipinski definition) is 9. The van der Waals surface area contributed by atoms with Crippen LogP contribution in [0.4, 0.5) is 0 Å². The molecular formula is C63H120N2O7. The van der Waals surface area contributed by atoms with Gasteiger partial charge in [0, 0.05) is 38.6 Å². The summed E-state index contributed by atoms with van der Waals surface area (Å²) in [5.74, 6) is 0.674. The molecule has 0 amide bonds. The van der Waals surface area contributed by atoms with E-state index in [-0.39, 0.29) is 36.2 Å². The van der Waals surface area contributed by atoms with Gasteiger partial charge in [0.25, 0.3) is 0 Å². The standard InChI is InChI=1S/C63H120N2O7/c1-7-11-15-17-20-30-42-58(43-31-21-18-16-12-8-2)71-60(66)44-32-22-19-27-37-51-69-55-57-53-59(72-61(67)45-50-64-47-34-25-26-35-48-64)54-65(57)49-36-24-23-33-46-63(5,6)62(68)70-52-38-41-56(39-28-13-9-3)40-29-14-10-4/h56-59H,7-55H2,1-6H3/t57?,59-/m0/s1. The van der Waals surface area contributed by atoms with E-state index in [1.165, 1.54) is 161 Å². The van der Waals surface area contributed by atoms with Crippen LogP contribution in [0.25, 0.3) is 0 Å². The molecule has 1 unspecified atom stereocenters. The number of ether oxygens (including phenoxy) is 4. The molecule has 0 aromatic carbocycles. The van der Waals surface area contributed by atoms with Gasteiger partial charge >= 0.3 is 17.9 Å². The Kier molecular flexibility index (Phi) is 41.9. The molecule has 0 N–H and O–H groups in total. The zero-order valence-electron chi connectivity index (χ0n) is 48.7. The first-order valence-electron chi connectivity index (χ1n) is 31.7. The summed E-state index contributed by atoms with van der Waals surface area (Å²) < 4.78 is 24.4. The van der Waals surface area contributed by atoms with Crippen LogP contribution in [0.15, 0.2) is 0 Å². The van der Waals surface area contributed by atoms with E-state index in [1.807, 2.05) is 0 Å².